The molecule has 1 atom stereocenters. The van der Waals surface area contributed by atoms with E-state index in [1.807, 2.05) is 12.1 Å². The van der Waals surface area contributed by atoms with Crippen LogP contribution >= 0.6 is 0 Å². The number of anilines is 1. The van der Waals surface area contributed by atoms with Crippen molar-refractivity contribution in [3.05, 3.63) is 29.8 Å². The van der Waals surface area contributed by atoms with Gasteiger partial charge in [-0.2, -0.15) is 0 Å². The lowest BCUT2D eigenvalue weighted by Crippen LogP contribution is -2.21. The lowest BCUT2D eigenvalue weighted by atomic mass is 10.2. The van der Waals surface area contributed by atoms with Crippen LogP contribution in [0.3, 0.4) is 0 Å². The summed E-state index contributed by atoms with van der Waals surface area (Å²) in [5.41, 5.74) is 1.60. The topological polar surface area (TPSA) is 49.8 Å². The predicted molar refractivity (Wildman–Crippen MR) is 65.2 cm³/mol. The van der Waals surface area contributed by atoms with E-state index in [0.717, 1.165) is 18.7 Å². The van der Waals surface area contributed by atoms with E-state index < -0.39 is 0 Å². The molecule has 17 heavy (non-hydrogen) atoms. The lowest BCUT2D eigenvalue weighted by Gasteiger charge is -2.17. The summed E-state index contributed by atoms with van der Waals surface area (Å²) in [5, 5.41) is 9.46. The molecule has 1 fully saturated rings. The molecule has 0 unspecified atom stereocenters. The Morgan fingerprint density at radius 2 is 2.18 bits per heavy atom. The molecule has 4 heteroatoms. The molecule has 1 saturated heterocycles. The lowest BCUT2D eigenvalue weighted by molar-refractivity contribution is 0.0526. The first-order valence-corrected chi connectivity index (χ1v) is 5.91. The second-order valence-corrected chi connectivity index (χ2v) is 4.16. The average Bonchev–Trinajstić information content (AvgIpc) is 2.76. The number of hydrogen-bond donors (Lipinski definition) is 1. The molecule has 92 valence electrons. The fourth-order valence-corrected chi connectivity index (χ4v) is 2.00. The Balaban J connectivity index is 2.05. The third-order valence-electron chi connectivity index (χ3n) is 2.91. The molecule has 2 rings (SSSR count). The molecule has 0 spiro atoms. The van der Waals surface area contributed by atoms with Crippen molar-refractivity contribution in [2.75, 3.05) is 24.6 Å². The number of β-amino-alcohol motifs (C(OH)–C–C–N with tert-alkyl or cyclic N) is 1. The average molecular weight is 235 g/mol. The standard InChI is InChI=1S/C13H17NO3/c1-2-17-13(16)10-3-5-11(6-4-10)14-8-7-12(15)9-14/h3-6,12,15H,2,7-9H2,1H3/t12-/m1/s1. The van der Waals surface area contributed by atoms with Crippen LogP contribution in [0, 0.1) is 0 Å². The van der Waals surface area contributed by atoms with E-state index in [1.54, 1.807) is 19.1 Å². The summed E-state index contributed by atoms with van der Waals surface area (Å²) in [5.74, 6) is -0.291. The maximum absolute atomic E-state index is 11.5. The van der Waals surface area contributed by atoms with E-state index in [1.165, 1.54) is 0 Å². The number of aliphatic hydroxyl groups excluding tert-OH is 1. The van der Waals surface area contributed by atoms with Crippen LogP contribution in [0.2, 0.25) is 0 Å². The zero-order valence-electron chi connectivity index (χ0n) is 9.93. The fraction of sp³-hybridized carbons (Fsp3) is 0.462. The number of aliphatic hydroxyl groups is 1. The van der Waals surface area contributed by atoms with Crippen molar-refractivity contribution in [2.24, 2.45) is 0 Å². The van der Waals surface area contributed by atoms with Crippen LogP contribution in [0.1, 0.15) is 23.7 Å². The Morgan fingerprint density at radius 1 is 1.47 bits per heavy atom. The highest BCUT2D eigenvalue weighted by Crippen LogP contribution is 2.20. The van der Waals surface area contributed by atoms with Gasteiger partial charge >= 0.3 is 5.97 Å². The van der Waals surface area contributed by atoms with Crippen molar-refractivity contribution < 1.29 is 14.6 Å². The molecule has 1 aromatic carbocycles. The van der Waals surface area contributed by atoms with Crippen LogP contribution < -0.4 is 4.90 Å². The summed E-state index contributed by atoms with van der Waals surface area (Å²) in [6, 6.07) is 7.31. The third kappa shape index (κ3) is 2.77. The second kappa shape index (κ2) is 5.19. The Bertz CT molecular complexity index is 388. The highest BCUT2D eigenvalue weighted by Gasteiger charge is 2.20. The van der Waals surface area contributed by atoms with Crippen LogP contribution in [-0.2, 0) is 4.74 Å². The number of benzene rings is 1. The number of ether oxygens (including phenoxy) is 1. The van der Waals surface area contributed by atoms with Gasteiger partial charge in [-0.25, -0.2) is 4.79 Å². The zero-order chi connectivity index (χ0) is 12.3. The summed E-state index contributed by atoms with van der Waals surface area (Å²) in [7, 11) is 0. The van der Waals surface area contributed by atoms with Crippen LogP contribution in [0.25, 0.3) is 0 Å². The highest BCUT2D eigenvalue weighted by atomic mass is 16.5. The van der Waals surface area contributed by atoms with Gasteiger partial charge in [-0.15, -0.1) is 0 Å². The summed E-state index contributed by atoms with van der Waals surface area (Å²) < 4.78 is 4.92. The van der Waals surface area contributed by atoms with Crippen LogP contribution in [0.4, 0.5) is 5.69 Å². The fourth-order valence-electron chi connectivity index (χ4n) is 2.00. The third-order valence-corrected chi connectivity index (χ3v) is 2.91. The monoisotopic (exact) mass is 235 g/mol. The first-order valence-electron chi connectivity index (χ1n) is 5.91. The molecule has 0 aliphatic carbocycles. The van der Waals surface area contributed by atoms with Gasteiger partial charge in [0.2, 0.25) is 0 Å². The summed E-state index contributed by atoms with van der Waals surface area (Å²) in [6.07, 6.45) is 0.569. The predicted octanol–water partition coefficient (Wildman–Crippen LogP) is 1.43. The molecular formula is C13H17NO3. The molecule has 1 N–H and O–H groups in total. The van der Waals surface area contributed by atoms with Crippen LogP contribution in [0.15, 0.2) is 24.3 Å². The number of carbonyl (C=O) groups excluding carboxylic acids is 1. The van der Waals surface area contributed by atoms with E-state index in [0.29, 0.717) is 18.7 Å². The number of esters is 1. The van der Waals surface area contributed by atoms with Gasteiger partial charge in [0, 0.05) is 18.8 Å². The largest absolute Gasteiger partial charge is 0.462 e. The first kappa shape index (κ1) is 11.9. The quantitative estimate of drug-likeness (QED) is 0.805. The summed E-state index contributed by atoms with van der Waals surface area (Å²) in [6.45, 7) is 3.70. The molecular weight excluding hydrogens is 218 g/mol. The first-order chi connectivity index (χ1) is 8.20. The highest BCUT2D eigenvalue weighted by molar-refractivity contribution is 5.89. The van der Waals surface area contributed by atoms with Crippen molar-refractivity contribution in [3.8, 4) is 0 Å². The number of rotatable bonds is 3. The zero-order valence-corrected chi connectivity index (χ0v) is 9.93. The van der Waals surface area contributed by atoms with E-state index >= 15 is 0 Å². The van der Waals surface area contributed by atoms with E-state index in [9.17, 15) is 9.90 Å². The van der Waals surface area contributed by atoms with Gasteiger partial charge in [0.25, 0.3) is 0 Å². The van der Waals surface area contributed by atoms with E-state index in [2.05, 4.69) is 4.90 Å². The van der Waals surface area contributed by atoms with Gasteiger partial charge < -0.3 is 14.7 Å². The Kier molecular flexibility index (Phi) is 3.64. The molecule has 1 aliphatic rings. The maximum atomic E-state index is 11.5. The van der Waals surface area contributed by atoms with Gasteiger partial charge in [0.15, 0.2) is 0 Å². The van der Waals surface area contributed by atoms with Crippen LogP contribution in [-0.4, -0.2) is 36.9 Å². The van der Waals surface area contributed by atoms with Crippen molar-refractivity contribution in [2.45, 2.75) is 19.4 Å². The Morgan fingerprint density at radius 3 is 2.71 bits per heavy atom. The summed E-state index contributed by atoms with van der Waals surface area (Å²) >= 11 is 0. The minimum Gasteiger partial charge on any atom is -0.462 e. The van der Waals surface area contributed by atoms with Gasteiger partial charge in [-0.3, -0.25) is 0 Å². The Hall–Kier alpha value is -1.55. The van der Waals surface area contributed by atoms with E-state index in [-0.39, 0.29) is 12.1 Å². The molecule has 0 amide bonds. The SMILES string of the molecule is CCOC(=O)c1ccc(N2CC[C@@H](O)C2)cc1. The molecule has 0 radical (unpaired) electrons. The second-order valence-electron chi connectivity index (χ2n) is 4.16. The van der Waals surface area contributed by atoms with E-state index in [4.69, 9.17) is 4.74 Å². The smallest absolute Gasteiger partial charge is 0.338 e. The minimum atomic E-state index is -0.291. The summed E-state index contributed by atoms with van der Waals surface area (Å²) in [4.78, 5) is 13.6. The molecule has 1 aromatic rings. The normalized spacial score (nSPS) is 19.4. The van der Waals surface area contributed by atoms with Gasteiger partial charge in [-0.05, 0) is 37.6 Å². The van der Waals surface area contributed by atoms with Crippen LogP contribution in [0.5, 0.6) is 0 Å². The molecule has 1 heterocycles. The molecule has 0 saturated carbocycles. The molecule has 0 aromatic heterocycles. The van der Waals surface area contributed by atoms with Gasteiger partial charge in [0.05, 0.1) is 18.3 Å². The minimum absolute atomic E-state index is 0.236. The van der Waals surface area contributed by atoms with Gasteiger partial charge in [-0.1, -0.05) is 0 Å². The molecule has 0 bridgehead atoms. The van der Waals surface area contributed by atoms with Gasteiger partial charge in [0.1, 0.15) is 0 Å². The molecule has 4 nitrogen and oxygen atoms in total. The van der Waals surface area contributed by atoms with Crippen molar-refractivity contribution >= 4 is 11.7 Å². The number of nitrogens with zero attached hydrogens (tertiary/aromatic N) is 1. The number of hydrogen-bond acceptors (Lipinski definition) is 4. The van der Waals surface area contributed by atoms with Crippen molar-refractivity contribution in [1.82, 2.24) is 0 Å². The molecule has 1 aliphatic heterocycles. The Labute approximate surface area is 101 Å². The van der Waals surface area contributed by atoms with Crippen molar-refractivity contribution in [3.63, 3.8) is 0 Å². The van der Waals surface area contributed by atoms with Crippen molar-refractivity contribution in [1.29, 1.82) is 0 Å². The maximum Gasteiger partial charge on any atom is 0.338 e. The number of carbonyl (C=O) groups is 1.